The van der Waals surface area contributed by atoms with Crippen LogP contribution in [0, 0.1) is 5.92 Å². The molecule has 2 rings (SSSR count). The molecule has 0 bridgehead atoms. The summed E-state index contributed by atoms with van der Waals surface area (Å²) >= 11 is 0. The van der Waals surface area contributed by atoms with Crippen LogP contribution in [0.25, 0.3) is 0 Å². The van der Waals surface area contributed by atoms with Crippen molar-refractivity contribution in [1.29, 1.82) is 0 Å². The Balaban J connectivity index is 1.73. The molecule has 0 aromatic heterocycles. The molecule has 0 saturated carbocycles. The lowest BCUT2D eigenvalue weighted by Crippen LogP contribution is -2.56. The first-order valence-corrected chi connectivity index (χ1v) is 6.51. The monoisotopic (exact) mass is 280 g/mol. The summed E-state index contributed by atoms with van der Waals surface area (Å²) < 4.78 is 0. The molecule has 0 atom stereocenters. The number of carbonyl (C=O) groups is 4. The van der Waals surface area contributed by atoms with Gasteiger partial charge in [-0.1, -0.05) is 0 Å². The van der Waals surface area contributed by atoms with Crippen LogP contribution in [0.1, 0.15) is 19.3 Å². The normalized spacial score (nSPS) is 20.7. The highest BCUT2D eigenvalue weighted by molar-refractivity contribution is 6.23. The van der Waals surface area contributed by atoms with Crippen LogP contribution in [0.5, 0.6) is 0 Å². The van der Waals surface area contributed by atoms with Crippen molar-refractivity contribution in [3.8, 4) is 0 Å². The van der Waals surface area contributed by atoms with Crippen molar-refractivity contribution in [2.75, 3.05) is 19.6 Å². The molecule has 0 unspecified atom stereocenters. The largest absolute Gasteiger partial charge is 0.343 e. The first-order valence-electron chi connectivity index (χ1n) is 6.51. The number of urea groups is 1. The van der Waals surface area contributed by atoms with E-state index in [9.17, 15) is 19.2 Å². The highest BCUT2D eigenvalue weighted by Crippen LogP contribution is 2.09. The molecule has 2 heterocycles. The summed E-state index contributed by atoms with van der Waals surface area (Å²) in [6.07, 6.45) is 3.43. The molecule has 20 heavy (non-hydrogen) atoms. The topological polar surface area (TPSA) is 108 Å². The van der Waals surface area contributed by atoms with Crippen LogP contribution in [-0.2, 0) is 14.4 Å². The van der Waals surface area contributed by atoms with Gasteiger partial charge in [0.05, 0.1) is 0 Å². The van der Waals surface area contributed by atoms with E-state index in [-0.39, 0.29) is 5.91 Å². The summed E-state index contributed by atoms with van der Waals surface area (Å²) in [4.78, 5) is 50.8. The Kier molecular flexibility index (Phi) is 4.44. The van der Waals surface area contributed by atoms with Crippen LogP contribution in [0.2, 0.25) is 0 Å². The number of barbiturate groups is 1. The second kappa shape index (κ2) is 6.27. The molecule has 0 aromatic carbocycles. The van der Waals surface area contributed by atoms with Gasteiger partial charge in [-0.25, -0.2) is 4.79 Å². The summed E-state index contributed by atoms with van der Waals surface area (Å²) in [5.74, 6) is -2.24. The van der Waals surface area contributed by atoms with Crippen molar-refractivity contribution in [3.05, 3.63) is 0 Å². The second-order valence-corrected chi connectivity index (χ2v) is 4.68. The molecule has 2 saturated heterocycles. The average molecular weight is 280 g/mol. The highest BCUT2D eigenvalue weighted by atomic mass is 16.2. The van der Waals surface area contributed by atoms with Crippen LogP contribution < -0.4 is 10.6 Å². The van der Waals surface area contributed by atoms with Crippen molar-refractivity contribution < 1.29 is 19.2 Å². The van der Waals surface area contributed by atoms with E-state index in [2.05, 4.69) is 4.99 Å². The molecule has 2 aliphatic rings. The van der Waals surface area contributed by atoms with E-state index < -0.39 is 23.8 Å². The smallest absolute Gasteiger partial charge is 0.328 e. The summed E-state index contributed by atoms with van der Waals surface area (Å²) in [6, 6.07) is -0.808. The predicted molar refractivity (Wildman–Crippen MR) is 69.0 cm³/mol. The molecular weight excluding hydrogens is 264 g/mol. The predicted octanol–water partition coefficient (Wildman–Crippen LogP) is -0.948. The summed E-state index contributed by atoms with van der Waals surface area (Å²) in [5, 5.41) is 3.99. The Labute approximate surface area is 115 Å². The number of rotatable bonds is 5. The maximum Gasteiger partial charge on any atom is 0.328 e. The van der Waals surface area contributed by atoms with Gasteiger partial charge in [0.1, 0.15) is 0 Å². The molecular formula is C12H16N4O4. The molecule has 2 fully saturated rings. The van der Waals surface area contributed by atoms with E-state index in [0.717, 1.165) is 13.0 Å². The maximum absolute atomic E-state index is 11.4. The fourth-order valence-corrected chi connectivity index (χ4v) is 2.14. The highest BCUT2D eigenvalue weighted by Gasteiger charge is 2.32. The lowest BCUT2D eigenvalue weighted by Gasteiger charge is -2.17. The molecule has 108 valence electrons. The number of nitrogens with zero attached hydrogens (tertiary/aromatic N) is 2. The Morgan fingerprint density at radius 3 is 2.50 bits per heavy atom. The molecule has 0 radical (unpaired) electrons. The lowest BCUT2D eigenvalue weighted by molar-refractivity contribution is -0.132. The van der Waals surface area contributed by atoms with Crippen molar-refractivity contribution in [2.45, 2.75) is 19.3 Å². The van der Waals surface area contributed by atoms with Gasteiger partial charge in [-0.05, 0) is 12.8 Å². The SMILES string of the molecule is O=C1NC(=O)C(C=NCCCN2CCCC2=O)C(=O)N1. The van der Waals surface area contributed by atoms with Gasteiger partial charge in [0.15, 0.2) is 5.92 Å². The third kappa shape index (κ3) is 3.40. The van der Waals surface area contributed by atoms with E-state index >= 15 is 0 Å². The zero-order chi connectivity index (χ0) is 14.5. The molecule has 0 aromatic rings. The number of likely N-dealkylation sites (tertiary alicyclic amines) is 1. The molecule has 8 heteroatoms. The minimum atomic E-state index is -1.07. The lowest BCUT2D eigenvalue weighted by atomic mass is 10.1. The first-order chi connectivity index (χ1) is 9.58. The van der Waals surface area contributed by atoms with Gasteiger partial charge < -0.3 is 4.90 Å². The number of amides is 5. The number of hydrogen-bond acceptors (Lipinski definition) is 5. The first kappa shape index (κ1) is 14.2. The van der Waals surface area contributed by atoms with Gasteiger partial charge in [-0.2, -0.15) is 0 Å². The van der Waals surface area contributed by atoms with Crippen LogP contribution in [0.3, 0.4) is 0 Å². The number of hydrogen-bond donors (Lipinski definition) is 2. The van der Waals surface area contributed by atoms with Gasteiger partial charge in [-0.15, -0.1) is 0 Å². The third-order valence-electron chi connectivity index (χ3n) is 3.18. The molecule has 0 spiro atoms. The van der Waals surface area contributed by atoms with Crippen LogP contribution in [0.15, 0.2) is 4.99 Å². The average Bonchev–Trinajstić information content (AvgIpc) is 2.77. The third-order valence-corrected chi connectivity index (χ3v) is 3.18. The van der Waals surface area contributed by atoms with E-state index in [4.69, 9.17) is 0 Å². The van der Waals surface area contributed by atoms with Gasteiger partial charge in [0.25, 0.3) is 0 Å². The summed E-state index contributed by atoms with van der Waals surface area (Å²) in [7, 11) is 0. The van der Waals surface area contributed by atoms with Gasteiger partial charge >= 0.3 is 6.03 Å². The van der Waals surface area contributed by atoms with Crippen molar-refractivity contribution in [1.82, 2.24) is 15.5 Å². The minimum absolute atomic E-state index is 0.165. The number of aliphatic imine (C=N–C) groups is 1. The van der Waals surface area contributed by atoms with E-state index in [1.54, 1.807) is 4.90 Å². The van der Waals surface area contributed by atoms with Crippen LogP contribution in [-0.4, -0.2) is 54.5 Å². The molecule has 0 aliphatic carbocycles. The number of carbonyl (C=O) groups excluding carboxylic acids is 4. The Bertz CT molecular complexity index is 454. The molecule has 2 N–H and O–H groups in total. The quantitative estimate of drug-likeness (QED) is 0.384. The Morgan fingerprint density at radius 1 is 1.20 bits per heavy atom. The van der Waals surface area contributed by atoms with E-state index in [1.165, 1.54) is 6.21 Å². The number of imide groups is 2. The summed E-state index contributed by atoms with van der Waals surface area (Å²) in [6.45, 7) is 1.85. The Hall–Kier alpha value is -2.25. The van der Waals surface area contributed by atoms with E-state index in [1.807, 2.05) is 10.6 Å². The fourth-order valence-electron chi connectivity index (χ4n) is 2.14. The zero-order valence-electron chi connectivity index (χ0n) is 10.9. The Morgan fingerprint density at radius 2 is 1.90 bits per heavy atom. The molecule has 5 amide bonds. The van der Waals surface area contributed by atoms with Gasteiger partial charge in [0.2, 0.25) is 17.7 Å². The van der Waals surface area contributed by atoms with Crippen molar-refractivity contribution in [2.24, 2.45) is 10.9 Å². The van der Waals surface area contributed by atoms with Crippen LogP contribution in [0.4, 0.5) is 4.79 Å². The van der Waals surface area contributed by atoms with E-state index in [0.29, 0.717) is 25.9 Å². The number of nitrogens with one attached hydrogen (secondary N) is 2. The fraction of sp³-hybridized carbons (Fsp3) is 0.583. The van der Waals surface area contributed by atoms with Gasteiger partial charge in [0, 0.05) is 32.3 Å². The van der Waals surface area contributed by atoms with Gasteiger partial charge in [-0.3, -0.25) is 30.0 Å². The second-order valence-electron chi connectivity index (χ2n) is 4.68. The van der Waals surface area contributed by atoms with Crippen LogP contribution >= 0.6 is 0 Å². The molecule has 8 nitrogen and oxygen atoms in total. The maximum atomic E-state index is 11.4. The molecule has 2 aliphatic heterocycles. The zero-order valence-corrected chi connectivity index (χ0v) is 10.9. The standard InChI is InChI=1S/C12H16N4O4/c17-9-3-1-5-16(9)6-2-4-13-7-8-10(18)14-12(20)15-11(8)19/h7-8H,1-6H2,(H2,14,15,18,19,20). The summed E-state index contributed by atoms with van der Waals surface area (Å²) in [5.41, 5.74) is 0. The van der Waals surface area contributed by atoms with Crippen molar-refractivity contribution in [3.63, 3.8) is 0 Å². The van der Waals surface area contributed by atoms with Crippen molar-refractivity contribution >= 4 is 30.0 Å². The minimum Gasteiger partial charge on any atom is -0.343 e.